The minimum atomic E-state index is -0.382. The van der Waals surface area contributed by atoms with Crippen molar-refractivity contribution in [2.75, 3.05) is 25.1 Å². The molecule has 0 aliphatic rings. The van der Waals surface area contributed by atoms with Crippen LogP contribution in [-0.4, -0.2) is 31.8 Å². The molecule has 2 aromatic carbocycles. The number of rotatable bonds is 8. The first-order valence-electron chi connectivity index (χ1n) is 9.05. The Morgan fingerprint density at radius 1 is 1.04 bits per heavy atom. The summed E-state index contributed by atoms with van der Waals surface area (Å²) in [6.07, 6.45) is 0. The van der Waals surface area contributed by atoms with Crippen molar-refractivity contribution in [3.63, 3.8) is 0 Å². The zero-order valence-corrected chi connectivity index (χ0v) is 16.0. The molecule has 0 radical (unpaired) electrons. The molecule has 0 fully saturated rings. The third-order valence-corrected chi connectivity index (χ3v) is 3.84. The molecule has 0 spiro atoms. The van der Waals surface area contributed by atoms with Crippen molar-refractivity contribution in [3.8, 4) is 5.75 Å². The molecule has 6 nitrogen and oxygen atoms in total. The predicted molar refractivity (Wildman–Crippen MR) is 105 cm³/mol. The van der Waals surface area contributed by atoms with Crippen LogP contribution in [0.25, 0.3) is 0 Å². The molecule has 0 saturated heterocycles. The zero-order chi connectivity index (χ0) is 19.6. The minimum absolute atomic E-state index is 0.324. The van der Waals surface area contributed by atoms with Gasteiger partial charge in [-0.25, -0.2) is 9.59 Å². The van der Waals surface area contributed by atoms with E-state index in [0.717, 1.165) is 11.3 Å². The van der Waals surface area contributed by atoms with Crippen LogP contribution in [0, 0.1) is 0 Å². The van der Waals surface area contributed by atoms with E-state index in [1.807, 2.05) is 24.3 Å². The normalized spacial score (nSPS) is 10.4. The van der Waals surface area contributed by atoms with Crippen LogP contribution in [0.1, 0.15) is 42.6 Å². The fourth-order valence-electron chi connectivity index (χ4n) is 2.49. The van der Waals surface area contributed by atoms with Crippen LogP contribution in [0.5, 0.6) is 5.75 Å². The van der Waals surface area contributed by atoms with Crippen LogP contribution in [-0.2, 0) is 4.74 Å². The van der Waals surface area contributed by atoms with E-state index in [1.54, 1.807) is 31.2 Å². The van der Waals surface area contributed by atoms with E-state index in [9.17, 15) is 9.59 Å². The molecule has 2 N–H and O–H groups in total. The van der Waals surface area contributed by atoms with Gasteiger partial charge in [0.25, 0.3) is 0 Å². The number of ether oxygens (including phenoxy) is 2. The number of amides is 2. The van der Waals surface area contributed by atoms with Gasteiger partial charge in [-0.2, -0.15) is 0 Å². The fraction of sp³-hybridized carbons (Fsp3) is 0.333. The molecule has 0 aromatic heterocycles. The van der Waals surface area contributed by atoms with Crippen molar-refractivity contribution >= 4 is 17.7 Å². The number of urea groups is 1. The number of esters is 1. The second kappa shape index (κ2) is 10.2. The minimum Gasteiger partial charge on any atom is -0.491 e. The lowest BCUT2D eigenvalue weighted by molar-refractivity contribution is 0.0526. The molecule has 0 aliphatic carbocycles. The van der Waals surface area contributed by atoms with Gasteiger partial charge in [-0.15, -0.1) is 0 Å². The first-order valence-corrected chi connectivity index (χ1v) is 9.05. The Hall–Kier alpha value is -3.02. The Balaban J connectivity index is 1.76. The van der Waals surface area contributed by atoms with Gasteiger partial charge in [0.1, 0.15) is 12.4 Å². The van der Waals surface area contributed by atoms with Crippen LogP contribution >= 0.6 is 0 Å². The van der Waals surface area contributed by atoms with Crippen molar-refractivity contribution in [2.45, 2.75) is 26.7 Å². The highest BCUT2D eigenvalue weighted by atomic mass is 16.5. The number of benzene rings is 2. The van der Waals surface area contributed by atoms with E-state index in [1.165, 1.54) is 0 Å². The van der Waals surface area contributed by atoms with Crippen LogP contribution in [0.15, 0.2) is 48.5 Å². The maximum absolute atomic E-state index is 12.0. The largest absolute Gasteiger partial charge is 0.491 e. The number of hydrogen-bond acceptors (Lipinski definition) is 4. The molecule has 0 atom stereocenters. The molecular formula is C21H26N2O4. The van der Waals surface area contributed by atoms with E-state index >= 15 is 0 Å². The molecule has 6 heteroatoms. The van der Waals surface area contributed by atoms with E-state index in [2.05, 4.69) is 24.5 Å². The molecule has 0 saturated carbocycles. The number of hydrogen-bond donors (Lipinski definition) is 2. The van der Waals surface area contributed by atoms with Crippen LogP contribution in [0.3, 0.4) is 0 Å². The standard InChI is InChI=1S/C21H26N2O4/c1-4-26-20(24)16-9-11-17(12-10-16)23-21(25)22-13-14-27-19-8-6-5-7-18(19)15(2)3/h5-12,15H,4,13-14H2,1-3H3,(H2,22,23,25). The molecule has 0 heterocycles. The molecular weight excluding hydrogens is 344 g/mol. The van der Waals surface area contributed by atoms with Crippen molar-refractivity contribution < 1.29 is 19.1 Å². The highest BCUT2D eigenvalue weighted by molar-refractivity contribution is 5.92. The number of anilines is 1. The van der Waals surface area contributed by atoms with E-state index in [4.69, 9.17) is 9.47 Å². The molecule has 2 aromatic rings. The van der Waals surface area contributed by atoms with Gasteiger partial charge >= 0.3 is 12.0 Å². The maximum atomic E-state index is 12.0. The molecule has 0 aliphatic heterocycles. The average molecular weight is 370 g/mol. The number of para-hydroxylation sites is 1. The first kappa shape index (κ1) is 20.3. The second-order valence-electron chi connectivity index (χ2n) is 6.22. The number of carbonyl (C=O) groups is 2. The van der Waals surface area contributed by atoms with Gasteiger partial charge in [0.05, 0.1) is 18.7 Å². The lowest BCUT2D eigenvalue weighted by Gasteiger charge is -2.14. The molecule has 0 unspecified atom stereocenters. The smallest absolute Gasteiger partial charge is 0.338 e. The third kappa shape index (κ3) is 6.33. The summed E-state index contributed by atoms with van der Waals surface area (Å²) in [5.74, 6) is 0.826. The van der Waals surface area contributed by atoms with Crippen LogP contribution < -0.4 is 15.4 Å². The summed E-state index contributed by atoms with van der Waals surface area (Å²) >= 11 is 0. The van der Waals surface area contributed by atoms with Gasteiger partial charge < -0.3 is 20.1 Å². The summed E-state index contributed by atoms with van der Waals surface area (Å²) in [6.45, 7) is 7.05. The van der Waals surface area contributed by atoms with Crippen molar-refractivity contribution in [2.24, 2.45) is 0 Å². The molecule has 144 valence electrons. The van der Waals surface area contributed by atoms with Crippen LogP contribution in [0.2, 0.25) is 0 Å². The Kier molecular flexibility index (Phi) is 7.67. The van der Waals surface area contributed by atoms with E-state index in [-0.39, 0.29) is 12.0 Å². The first-order chi connectivity index (χ1) is 13.0. The van der Waals surface area contributed by atoms with Gasteiger partial charge in [-0.05, 0) is 48.7 Å². The van der Waals surface area contributed by atoms with E-state index < -0.39 is 0 Å². The summed E-state index contributed by atoms with van der Waals surface area (Å²) in [6, 6.07) is 14.1. The maximum Gasteiger partial charge on any atom is 0.338 e. The van der Waals surface area contributed by atoms with E-state index in [0.29, 0.717) is 36.9 Å². The lowest BCUT2D eigenvalue weighted by Crippen LogP contribution is -2.32. The van der Waals surface area contributed by atoms with Gasteiger partial charge in [-0.1, -0.05) is 32.0 Å². The second-order valence-corrected chi connectivity index (χ2v) is 6.22. The predicted octanol–water partition coefficient (Wildman–Crippen LogP) is 4.19. The molecule has 2 rings (SSSR count). The monoisotopic (exact) mass is 370 g/mol. The summed E-state index contributed by atoms with van der Waals surface area (Å²) in [4.78, 5) is 23.6. The summed E-state index contributed by atoms with van der Waals surface area (Å²) in [5.41, 5.74) is 2.18. The Morgan fingerprint density at radius 3 is 2.41 bits per heavy atom. The zero-order valence-electron chi connectivity index (χ0n) is 16.0. The highest BCUT2D eigenvalue weighted by Crippen LogP contribution is 2.25. The average Bonchev–Trinajstić information content (AvgIpc) is 2.66. The summed E-state index contributed by atoms with van der Waals surface area (Å²) < 4.78 is 10.7. The summed E-state index contributed by atoms with van der Waals surface area (Å²) in [7, 11) is 0. The van der Waals surface area contributed by atoms with Crippen LogP contribution in [0.4, 0.5) is 10.5 Å². The fourth-order valence-corrected chi connectivity index (χ4v) is 2.49. The van der Waals surface area contributed by atoms with Crippen molar-refractivity contribution in [1.29, 1.82) is 0 Å². The molecule has 27 heavy (non-hydrogen) atoms. The third-order valence-electron chi connectivity index (χ3n) is 3.84. The van der Waals surface area contributed by atoms with Crippen molar-refractivity contribution in [1.82, 2.24) is 5.32 Å². The SMILES string of the molecule is CCOC(=O)c1ccc(NC(=O)NCCOc2ccccc2C(C)C)cc1. The summed E-state index contributed by atoms with van der Waals surface area (Å²) in [5, 5.41) is 5.45. The quantitative estimate of drug-likeness (QED) is 0.540. The Labute approximate surface area is 159 Å². The lowest BCUT2D eigenvalue weighted by atomic mass is 10.0. The van der Waals surface area contributed by atoms with Crippen molar-refractivity contribution in [3.05, 3.63) is 59.7 Å². The topological polar surface area (TPSA) is 76.7 Å². The molecule has 2 amide bonds. The van der Waals surface area contributed by atoms with Gasteiger partial charge in [-0.3, -0.25) is 0 Å². The number of carbonyl (C=O) groups excluding carboxylic acids is 2. The van der Waals surface area contributed by atoms with Gasteiger partial charge in [0, 0.05) is 5.69 Å². The Bertz CT molecular complexity index is 757. The highest BCUT2D eigenvalue weighted by Gasteiger charge is 2.08. The van der Waals surface area contributed by atoms with Gasteiger partial charge in [0.2, 0.25) is 0 Å². The Morgan fingerprint density at radius 2 is 1.74 bits per heavy atom. The van der Waals surface area contributed by atoms with Gasteiger partial charge in [0.15, 0.2) is 0 Å². The molecule has 0 bridgehead atoms. The number of nitrogens with one attached hydrogen (secondary N) is 2.